The lowest BCUT2D eigenvalue weighted by Crippen LogP contribution is -2.42. The molecule has 5 nitrogen and oxygen atoms in total. The maximum Gasteiger partial charge on any atom is 0.326 e. The number of carboxylic acids is 1. The largest absolute Gasteiger partial charge is 0.480 e. The van der Waals surface area contributed by atoms with E-state index in [-0.39, 0.29) is 5.91 Å². The highest BCUT2D eigenvalue weighted by molar-refractivity contribution is 5.83. The highest BCUT2D eigenvalue weighted by Gasteiger charge is 2.21. The van der Waals surface area contributed by atoms with Gasteiger partial charge < -0.3 is 15.7 Å². The monoisotopic (exact) mass is 228 g/mol. The summed E-state index contributed by atoms with van der Waals surface area (Å²) in [7, 11) is 0. The second kappa shape index (κ2) is 6.48. The first-order valence-electron chi connectivity index (χ1n) is 5.86. The molecule has 92 valence electrons. The Morgan fingerprint density at radius 3 is 2.81 bits per heavy atom. The van der Waals surface area contributed by atoms with Gasteiger partial charge in [0.05, 0.1) is 0 Å². The molecule has 1 amide bonds. The molecule has 1 unspecified atom stereocenters. The van der Waals surface area contributed by atoms with Crippen molar-refractivity contribution in [2.75, 3.05) is 13.1 Å². The average Bonchev–Trinajstić information content (AvgIpc) is 2.27. The van der Waals surface area contributed by atoms with Crippen molar-refractivity contribution in [1.82, 2.24) is 10.6 Å². The maximum absolute atomic E-state index is 11.6. The summed E-state index contributed by atoms with van der Waals surface area (Å²) in [5.74, 6) is -0.763. The molecule has 16 heavy (non-hydrogen) atoms. The fourth-order valence-electron chi connectivity index (χ4n) is 1.95. The Kier molecular flexibility index (Phi) is 5.25. The molecule has 3 N–H and O–H groups in total. The lowest BCUT2D eigenvalue weighted by atomic mass is 9.96. The molecule has 1 saturated heterocycles. The topological polar surface area (TPSA) is 78.4 Å². The molecule has 0 bridgehead atoms. The number of hydrogen-bond donors (Lipinski definition) is 3. The lowest BCUT2D eigenvalue weighted by Gasteiger charge is -2.22. The molecule has 1 aliphatic rings. The van der Waals surface area contributed by atoms with Crippen molar-refractivity contribution in [3.63, 3.8) is 0 Å². The van der Waals surface area contributed by atoms with Crippen molar-refractivity contribution in [3.8, 4) is 0 Å². The van der Waals surface area contributed by atoms with Crippen LogP contribution < -0.4 is 10.6 Å². The minimum Gasteiger partial charge on any atom is -0.480 e. The predicted octanol–water partition coefficient (Wildman–Crippen LogP) is 0.355. The SMILES string of the molecule is CC[C@@H](NC(=O)CC1CCCNC1)C(=O)O. The van der Waals surface area contributed by atoms with E-state index in [0.29, 0.717) is 18.8 Å². The van der Waals surface area contributed by atoms with E-state index < -0.39 is 12.0 Å². The van der Waals surface area contributed by atoms with Crippen LogP contribution in [0.2, 0.25) is 0 Å². The van der Waals surface area contributed by atoms with Crippen LogP contribution in [0.1, 0.15) is 32.6 Å². The Morgan fingerprint density at radius 1 is 1.56 bits per heavy atom. The Balaban J connectivity index is 2.31. The molecule has 0 aliphatic carbocycles. The normalized spacial score (nSPS) is 22.4. The van der Waals surface area contributed by atoms with E-state index in [1.54, 1.807) is 6.92 Å². The zero-order valence-electron chi connectivity index (χ0n) is 9.66. The molecule has 0 aromatic carbocycles. The van der Waals surface area contributed by atoms with Crippen LogP contribution in [0.15, 0.2) is 0 Å². The summed E-state index contributed by atoms with van der Waals surface area (Å²) < 4.78 is 0. The van der Waals surface area contributed by atoms with Crippen LogP contribution in [0.3, 0.4) is 0 Å². The van der Waals surface area contributed by atoms with Gasteiger partial charge in [0.25, 0.3) is 0 Å². The van der Waals surface area contributed by atoms with Gasteiger partial charge in [-0.15, -0.1) is 0 Å². The summed E-state index contributed by atoms with van der Waals surface area (Å²) in [6.45, 7) is 3.63. The van der Waals surface area contributed by atoms with Crippen molar-refractivity contribution < 1.29 is 14.7 Å². The third kappa shape index (κ3) is 4.18. The molecular formula is C11H20N2O3. The summed E-state index contributed by atoms with van der Waals surface area (Å²) in [5, 5.41) is 14.6. The molecule has 1 fully saturated rings. The molecule has 2 atom stereocenters. The Hall–Kier alpha value is -1.10. The zero-order valence-corrected chi connectivity index (χ0v) is 9.66. The van der Waals surface area contributed by atoms with Crippen molar-refractivity contribution in [3.05, 3.63) is 0 Å². The number of amides is 1. The van der Waals surface area contributed by atoms with Crippen molar-refractivity contribution in [2.24, 2.45) is 5.92 Å². The lowest BCUT2D eigenvalue weighted by molar-refractivity contribution is -0.142. The van der Waals surface area contributed by atoms with Crippen LogP contribution >= 0.6 is 0 Å². The number of aliphatic carboxylic acids is 1. The van der Waals surface area contributed by atoms with Crippen molar-refractivity contribution in [2.45, 2.75) is 38.6 Å². The second-order valence-corrected chi connectivity index (χ2v) is 4.28. The number of carbonyl (C=O) groups is 2. The molecule has 0 radical (unpaired) electrons. The number of rotatable bonds is 5. The highest BCUT2D eigenvalue weighted by Crippen LogP contribution is 2.13. The third-order valence-electron chi connectivity index (χ3n) is 2.91. The summed E-state index contributed by atoms with van der Waals surface area (Å²) in [6.07, 6.45) is 2.99. The predicted molar refractivity (Wildman–Crippen MR) is 60.1 cm³/mol. The fraction of sp³-hybridized carbons (Fsp3) is 0.818. The molecule has 1 aliphatic heterocycles. The maximum atomic E-state index is 11.6. The van der Waals surface area contributed by atoms with Gasteiger partial charge in [0, 0.05) is 6.42 Å². The van der Waals surface area contributed by atoms with Crippen LogP contribution in [0, 0.1) is 5.92 Å². The molecule has 0 spiro atoms. The fourth-order valence-corrected chi connectivity index (χ4v) is 1.95. The number of carbonyl (C=O) groups excluding carboxylic acids is 1. The van der Waals surface area contributed by atoms with E-state index in [1.165, 1.54) is 0 Å². The van der Waals surface area contributed by atoms with E-state index in [1.807, 2.05) is 0 Å². The van der Waals surface area contributed by atoms with E-state index in [9.17, 15) is 9.59 Å². The van der Waals surface area contributed by atoms with E-state index in [2.05, 4.69) is 10.6 Å². The van der Waals surface area contributed by atoms with Gasteiger partial charge in [0.2, 0.25) is 5.91 Å². The number of nitrogens with one attached hydrogen (secondary N) is 2. The Bertz CT molecular complexity index is 250. The summed E-state index contributed by atoms with van der Waals surface area (Å²) in [6, 6.07) is -0.746. The summed E-state index contributed by atoms with van der Waals surface area (Å²) in [5.41, 5.74) is 0. The van der Waals surface area contributed by atoms with E-state index in [0.717, 1.165) is 25.9 Å². The van der Waals surface area contributed by atoms with Gasteiger partial charge in [0.1, 0.15) is 6.04 Å². The van der Waals surface area contributed by atoms with Gasteiger partial charge >= 0.3 is 5.97 Å². The van der Waals surface area contributed by atoms with Crippen LogP contribution in [-0.2, 0) is 9.59 Å². The quantitative estimate of drug-likeness (QED) is 0.634. The van der Waals surface area contributed by atoms with Crippen LogP contribution in [0.5, 0.6) is 0 Å². The molecule has 0 aromatic heterocycles. The molecule has 0 saturated carbocycles. The first-order valence-corrected chi connectivity index (χ1v) is 5.86. The van der Waals surface area contributed by atoms with E-state index in [4.69, 9.17) is 5.11 Å². The smallest absolute Gasteiger partial charge is 0.326 e. The number of hydrogen-bond acceptors (Lipinski definition) is 3. The summed E-state index contributed by atoms with van der Waals surface area (Å²) >= 11 is 0. The minimum absolute atomic E-state index is 0.150. The van der Waals surface area contributed by atoms with Gasteiger partial charge in [-0.05, 0) is 38.3 Å². The highest BCUT2D eigenvalue weighted by atomic mass is 16.4. The molecule has 5 heteroatoms. The van der Waals surface area contributed by atoms with Gasteiger partial charge in [-0.2, -0.15) is 0 Å². The Morgan fingerprint density at radius 2 is 2.31 bits per heavy atom. The molecular weight excluding hydrogens is 208 g/mol. The van der Waals surface area contributed by atoms with Gasteiger partial charge in [-0.1, -0.05) is 6.92 Å². The second-order valence-electron chi connectivity index (χ2n) is 4.28. The average molecular weight is 228 g/mol. The van der Waals surface area contributed by atoms with Gasteiger partial charge in [-0.25, -0.2) is 4.79 Å². The Labute approximate surface area is 95.6 Å². The van der Waals surface area contributed by atoms with Crippen molar-refractivity contribution >= 4 is 11.9 Å². The standard InChI is InChI=1S/C11H20N2O3/c1-2-9(11(15)16)13-10(14)6-8-4-3-5-12-7-8/h8-9,12H,2-7H2,1H3,(H,13,14)(H,15,16)/t8?,9-/m1/s1. The zero-order chi connectivity index (χ0) is 12.0. The molecule has 0 aromatic rings. The summed E-state index contributed by atoms with van der Waals surface area (Å²) in [4.78, 5) is 22.3. The molecule has 1 heterocycles. The van der Waals surface area contributed by atoms with E-state index >= 15 is 0 Å². The first kappa shape index (κ1) is 13.0. The van der Waals surface area contributed by atoms with Gasteiger partial charge in [-0.3, -0.25) is 4.79 Å². The number of carboxylic acid groups (broad SMARTS) is 1. The van der Waals surface area contributed by atoms with Crippen LogP contribution in [-0.4, -0.2) is 36.1 Å². The van der Waals surface area contributed by atoms with Crippen LogP contribution in [0.4, 0.5) is 0 Å². The van der Waals surface area contributed by atoms with Crippen LogP contribution in [0.25, 0.3) is 0 Å². The number of piperidine rings is 1. The first-order chi connectivity index (χ1) is 7.63. The van der Waals surface area contributed by atoms with Gasteiger partial charge in [0.15, 0.2) is 0 Å². The third-order valence-corrected chi connectivity index (χ3v) is 2.91. The molecule has 1 rings (SSSR count). The minimum atomic E-state index is -0.961. The van der Waals surface area contributed by atoms with Crippen molar-refractivity contribution in [1.29, 1.82) is 0 Å².